The molecule has 0 bridgehead atoms. The van der Waals surface area contributed by atoms with Gasteiger partial charge in [-0.25, -0.2) is 0 Å². The molecule has 0 atom stereocenters. The largest absolute Gasteiger partial charge is 0.317 e. The van der Waals surface area contributed by atoms with Crippen LogP contribution in [0.1, 0.15) is 27.8 Å². The minimum atomic E-state index is 1.11. The van der Waals surface area contributed by atoms with E-state index in [-0.39, 0.29) is 0 Å². The van der Waals surface area contributed by atoms with Crippen molar-refractivity contribution in [3.05, 3.63) is 198 Å². The normalized spacial score (nSPS) is 11.4. The van der Waals surface area contributed by atoms with Crippen LogP contribution in [0, 0.1) is 0 Å². The average Bonchev–Trinajstić information content (AvgIpc) is 3.37. The van der Waals surface area contributed by atoms with Crippen LogP contribution in [0.25, 0.3) is 28.3 Å². The van der Waals surface area contributed by atoms with Crippen LogP contribution in [0.3, 0.4) is 0 Å². The standard InChI is InChI=1S/C40H29N/c1-4-14-31(15-5-1)40(32-16-6-2-7-17-32)29-41(33-18-8-3-9-19-33)34-26-24-30(25-27-34)28-39-37-22-12-10-20-35(37)36-21-11-13-23-38(36)39/h1-29H. The van der Waals surface area contributed by atoms with Gasteiger partial charge in [0.25, 0.3) is 0 Å². The van der Waals surface area contributed by atoms with Gasteiger partial charge in [0, 0.05) is 23.1 Å². The van der Waals surface area contributed by atoms with E-state index >= 15 is 0 Å². The highest BCUT2D eigenvalue weighted by molar-refractivity contribution is 6.06. The maximum atomic E-state index is 2.32. The maximum Gasteiger partial charge on any atom is 0.0456 e. The molecule has 1 aliphatic carbocycles. The van der Waals surface area contributed by atoms with Crippen molar-refractivity contribution in [1.29, 1.82) is 0 Å². The van der Waals surface area contributed by atoms with Crippen molar-refractivity contribution >= 4 is 28.6 Å². The molecule has 0 N–H and O–H groups in total. The van der Waals surface area contributed by atoms with E-state index in [9.17, 15) is 0 Å². The molecule has 0 aliphatic heterocycles. The molecular weight excluding hydrogens is 494 g/mol. The van der Waals surface area contributed by atoms with E-state index in [1.807, 2.05) is 0 Å². The zero-order valence-electron chi connectivity index (χ0n) is 22.7. The van der Waals surface area contributed by atoms with E-state index in [0.717, 1.165) is 11.4 Å². The quantitative estimate of drug-likeness (QED) is 0.210. The lowest BCUT2D eigenvalue weighted by molar-refractivity contribution is 1.28. The Labute approximate surface area is 242 Å². The van der Waals surface area contributed by atoms with Crippen LogP contribution >= 0.6 is 0 Å². The van der Waals surface area contributed by atoms with Crippen molar-refractivity contribution in [2.45, 2.75) is 0 Å². The Kier molecular flexibility index (Phi) is 6.61. The first kappa shape index (κ1) is 24.6. The third kappa shape index (κ3) is 4.90. The predicted molar refractivity (Wildman–Crippen MR) is 174 cm³/mol. The number of nitrogens with zero attached hydrogens (tertiary/aromatic N) is 1. The highest BCUT2D eigenvalue weighted by Gasteiger charge is 2.22. The third-order valence-corrected chi connectivity index (χ3v) is 7.67. The molecule has 1 nitrogen and oxygen atoms in total. The summed E-state index contributed by atoms with van der Waals surface area (Å²) < 4.78 is 0. The first-order chi connectivity index (χ1) is 20.3. The molecule has 0 saturated carbocycles. The topological polar surface area (TPSA) is 3.24 Å². The lowest BCUT2D eigenvalue weighted by atomic mass is 9.98. The Morgan fingerprint density at radius 1 is 0.390 bits per heavy atom. The molecule has 0 heterocycles. The molecule has 0 spiro atoms. The highest BCUT2D eigenvalue weighted by Crippen LogP contribution is 2.44. The van der Waals surface area contributed by atoms with Gasteiger partial charge in [-0.2, -0.15) is 0 Å². The molecule has 0 unspecified atom stereocenters. The summed E-state index contributed by atoms with van der Waals surface area (Å²) in [5, 5.41) is 0. The van der Waals surface area contributed by atoms with Crippen LogP contribution < -0.4 is 4.90 Å². The minimum absolute atomic E-state index is 1.11. The molecule has 6 aromatic carbocycles. The number of fused-ring (bicyclic) bond motifs is 3. The molecule has 0 fully saturated rings. The molecule has 1 heteroatoms. The molecular formula is C40H29N. The van der Waals surface area contributed by atoms with Crippen LogP contribution in [-0.2, 0) is 0 Å². The number of anilines is 2. The third-order valence-electron chi connectivity index (χ3n) is 7.67. The SMILES string of the molecule is C(=C(c1ccccc1)c1ccccc1)N(c1ccccc1)c1ccc(C=C2c3ccccc3-c3ccccc32)cc1. The van der Waals surface area contributed by atoms with Crippen molar-refractivity contribution in [2.75, 3.05) is 4.90 Å². The van der Waals surface area contributed by atoms with Gasteiger partial charge < -0.3 is 4.90 Å². The number of hydrogen-bond donors (Lipinski definition) is 0. The van der Waals surface area contributed by atoms with Gasteiger partial charge in [-0.05, 0) is 74.9 Å². The molecule has 0 aromatic heterocycles. The van der Waals surface area contributed by atoms with Gasteiger partial charge in [0.15, 0.2) is 0 Å². The summed E-state index contributed by atoms with van der Waals surface area (Å²) in [6.45, 7) is 0. The van der Waals surface area contributed by atoms with Crippen LogP contribution in [0.15, 0.2) is 170 Å². The van der Waals surface area contributed by atoms with Gasteiger partial charge in [-0.3, -0.25) is 0 Å². The van der Waals surface area contributed by atoms with Gasteiger partial charge >= 0.3 is 0 Å². The molecule has 41 heavy (non-hydrogen) atoms. The summed E-state index contributed by atoms with van der Waals surface area (Å²) in [5.41, 5.74) is 13.4. The van der Waals surface area contributed by atoms with E-state index in [0.29, 0.717) is 0 Å². The number of rotatable bonds is 6. The van der Waals surface area contributed by atoms with E-state index in [1.165, 1.54) is 50.1 Å². The molecule has 7 rings (SSSR count). The number of para-hydroxylation sites is 1. The first-order valence-corrected chi connectivity index (χ1v) is 14.0. The van der Waals surface area contributed by atoms with Gasteiger partial charge in [0.2, 0.25) is 0 Å². The number of hydrogen-bond acceptors (Lipinski definition) is 1. The van der Waals surface area contributed by atoms with E-state index < -0.39 is 0 Å². The Morgan fingerprint density at radius 2 is 0.805 bits per heavy atom. The summed E-state index contributed by atoms with van der Waals surface area (Å²) in [4.78, 5) is 2.28. The smallest absolute Gasteiger partial charge is 0.0456 e. The van der Waals surface area contributed by atoms with Crippen molar-refractivity contribution in [3.8, 4) is 11.1 Å². The average molecular weight is 524 g/mol. The molecule has 6 aromatic rings. The summed E-state index contributed by atoms with van der Waals surface area (Å²) in [6, 6.07) is 58.1. The Bertz CT molecular complexity index is 1760. The van der Waals surface area contributed by atoms with E-state index in [4.69, 9.17) is 0 Å². The summed E-state index contributed by atoms with van der Waals surface area (Å²) in [5.74, 6) is 0. The zero-order chi connectivity index (χ0) is 27.4. The van der Waals surface area contributed by atoms with Crippen LogP contribution in [-0.4, -0.2) is 0 Å². The van der Waals surface area contributed by atoms with Gasteiger partial charge in [0.05, 0.1) is 0 Å². The Balaban J connectivity index is 1.31. The lowest BCUT2D eigenvalue weighted by Gasteiger charge is -2.23. The summed E-state index contributed by atoms with van der Waals surface area (Å²) >= 11 is 0. The fraction of sp³-hybridized carbons (Fsp3) is 0. The van der Waals surface area contributed by atoms with Crippen LogP contribution in [0.4, 0.5) is 11.4 Å². The zero-order valence-corrected chi connectivity index (χ0v) is 22.7. The Hall–Kier alpha value is -5.40. The van der Waals surface area contributed by atoms with Crippen molar-refractivity contribution < 1.29 is 0 Å². The Morgan fingerprint density at radius 3 is 1.32 bits per heavy atom. The fourth-order valence-corrected chi connectivity index (χ4v) is 5.67. The van der Waals surface area contributed by atoms with E-state index in [1.54, 1.807) is 0 Å². The van der Waals surface area contributed by atoms with E-state index in [2.05, 4.69) is 181 Å². The summed E-state index contributed by atoms with van der Waals surface area (Å²) in [7, 11) is 0. The monoisotopic (exact) mass is 523 g/mol. The molecule has 0 amide bonds. The first-order valence-electron chi connectivity index (χ1n) is 14.0. The minimum Gasteiger partial charge on any atom is -0.317 e. The predicted octanol–water partition coefficient (Wildman–Crippen LogP) is 10.5. The fourth-order valence-electron chi connectivity index (χ4n) is 5.67. The molecule has 0 saturated heterocycles. The van der Waals surface area contributed by atoms with Gasteiger partial charge in [-0.15, -0.1) is 0 Å². The van der Waals surface area contributed by atoms with Crippen molar-refractivity contribution in [3.63, 3.8) is 0 Å². The number of benzene rings is 6. The molecule has 194 valence electrons. The lowest BCUT2D eigenvalue weighted by Crippen LogP contribution is -2.10. The highest BCUT2D eigenvalue weighted by atomic mass is 15.1. The summed E-state index contributed by atoms with van der Waals surface area (Å²) in [6.07, 6.45) is 4.58. The van der Waals surface area contributed by atoms with Gasteiger partial charge in [-0.1, -0.05) is 140 Å². The maximum absolute atomic E-state index is 2.32. The molecule has 1 aliphatic rings. The van der Waals surface area contributed by atoms with Crippen LogP contribution in [0.2, 0.25) is 0 Å². The second kappa shape index (κ2) is 11.0. The van der Waals surface area contributed by atoms with Crippen molar-refractivity contribution in [1.82, 2.24) is 0 Å². The van der Waals surface area contributed by atoms with Gasteiger partial charge in [0.1, 0.15) is 0 Å². The molecule has 0 radical (unpaired) electrons. The second-order valence-electron chi connectivity index (χ2n) is 10.2. The van der Waals surface area contributed by atoms with Crippen LogP contribution in [0.5, 0.6) is 0 Å². The second-order valence-corrected chi connectivity index (χ2v) is 10.2. The van der Waals surface area contributed by atoms with Crippen molar-refractivity contribution in [2.24, 2.45) is 0 Å².